The van der Waals surface area contributed by atoms with E-state index < -0.39 is 6.04 Å². The topological polar surface area (TPSA) is 52.7 Å². The molecule has 0 saturated carbocycles. The Morgan fingerprint density at radius 1 is 1.00 bits per heavy atom. The van der Waals surface area contributed by atoms with Gasteiger partial charge in [0.15, 0.2) is 0 Å². The first-order valence-electron chi connectivity index (χ1n) is 10.9. The zero-order chi connectivity index (χ0) is 21.7. The third-order valence-electron chi connectivity index (χ3n) is 5.80. The molecule has 1 N–H and O–H groups in total. The van der Waals surface area contributed by atoms with Crippen molar-refractivity contribution < 1.29 is 9.59 Å². The third-order valence-corrected chi connectivity index (χ3v) is 5.80. The van der Waals surface area contributed by atoms with Gasteiger partial charge < -0.3 is 15.1 Å². The summed E-state index contributed by atoms with van der Waals surface area (Å²) in [6.45, 7) is 11.1. The Morgan fingerprint density at radius 2 is 1.67 bits per heavy atom. The van der Waals surface area contributed by atoms with Crippen LogP contribution >= 0.6 is 0 Å². The van der Waals surface area contributed by atoms with E-state index in [1.807, 2.05) is 43.0 Å². The van der Waals surface area contributed by atoms with Crippen molar-refractivity contribution in [1.29, 1.82) is 0 Å². The van der Waals surface area contributed by atoms with Crippen molar-refractivity contribution in [3.63, 3.8) is 0 Å². The van der Waals surface area contributed by atoms with Gasteiger partial charge in [0.05, 0.1) is 0 Å². The van der Waals surface area contributed by atoms with Crippen LogP contribution in [-0.2, 0) is 11.2 Å². The highest BCUT2D eigenvalue weighted by Crippen LogP contribution is 2.19. The van der Waals surface area contributed by atoms with Crippen LogP contribution in [-0.4, -0.2) is 48.9 Å². The van der Waals surface area contributed by atoms with E-state index in [2.05, 4.69) is 48.3 Å². The smallest absolute Gasteiger partial charge is 0.251 e. The van der Waals surface area contributed by atoms with E-state index in [0.717, 1.165) is 19.5 Å². The minimum Gasteiger partial charge on any atom is -0.368 e. The van der Waals surface area contributed by atoms with Crippen molar-refractivity contribution in [3.05, 3.63) is 65.2 Å². The van der Waals surface area contributed by atoms with Crippen LogP contribution in [0, 0.1) is 12.8 Å². The van der Waals surface area contributed by atoms with E-state index in [1.165, 1.54) is 16.8 Å². The van der Waals surface area contributed by atoms with Crippen molar-refractivity contribution in [3.8, 4) is 0 Å². The molecule has 5 heteroatoms. The number of anilines is 1. The highest BCUT2D eigenvalue weighted by atomic mass is 16.2. The molecule has 3 rings (SSSR count). The largest absolute Gasteiger partial charge is 0.368 e. The molecule has 0 unspecified atom stereocenters. The third kappa shape index (κ3) is 5.21. The summed E-state index contributed by atoms with van der Waals surface area (Å²) >= 11 is 0. The number of piperazine rings is 1. The van der Waals surface area contributed by atoms with Gasteiger partial charge in [-0.2, -0.15) is 0 Å². The van der Waals surface area contributed by atoms with Crippen LogP contribution in [0.15, 0.2) is 48.5 Å². The highest BCUT2D eigenvalue weighted by Gasteiger charge is 2.31. The fraction of sp³-hybridized carbons (Fsp3) is 0.440. The Morgan fingerprint density at radius 3 is 2.23 bits per heavy atom. The van der Waals surface area contributed by atoms with E-state index in [4.69, 9.17) is 0 Å². The molecular formula is C25H33N3O2. The van der Waals surface area contributed by atoms with Gasteiger partial charge >= 0.3 is 0 Å². The van der Waals surface area contributed by atoms with Crippen LogP contribution in [0.1, 0.15) is 42.3 Å². The molecule has 0 aromatic heterocycles. The summed E-state index contributed by atoms with van der Waals surface area (Å²) in [7, 11) is 0. The molecule has 2 amide bonds. The van der Waals surface area contributed by atoms with Crippen molar-refractivity contribution in [2.45, 2.75) is 40.2 Å². The number of benzene rings is 2. The SMILES string of the molecule is CCc1ccc(C(=O)N[C@@H](C(=O)N2CCN(c3cccc(C)c3)CC2)C(C)C)cc1. The van der Waals surface area contributed by atoms with E-state index in [1.54, 1.807) is 0 Å². The van der Waals surface area contributed by atoms with E-state index in [9.17, 15) is 9.59 Å². The molecule has 2 aromatic carbocycles. The average Bonchev–Trinajstić information content (AvgIpc) is 2.77. The molecule has 5 nitrogen and oxygen atoms in total. The standard InChI is InChI=1S/C25H33N3O2/c1-5-20-9-11-21(12-10-20)24(29)26-23(18(2)3)25(30)28-15-13-27(14-16-28)22-8-6-7-19(4)17-22/h6-12,17-18,23H,5,13-16H2,1-4H3,(H,26,29)/t23-/m1/s1. The maximum atomic E-state index is 13.2. The molecule has 0 spiro atoms. The van der Waals surface area contributed by atoms with Crippen molar-refractivity contribution in [2.75, 3.05) is 31.1 Å². The van der Waals surface area contributed by atoms with Gasteiger partial charge in [-0.25, -0.2) is 0 Å². The molecule has 2 aromatic rings. The fourth-order valence-corrected chi connectivity index (χ4v) is 3.84. The zero-order valence-electron chi connectivity index (χ0n) is 18.5. The van der Waals surface area contributed by atoms with Crippen molar-refractivity contribution in [1.82, 2.24) is 10.2 Å². The number of nitrogens with one attached hydrogen (secondary N) is 1. The van der Waals surface area contributed by atoms with Crippen LogP contribution in [0.5, 0.6) is 0 Å². The summed E-state index contributed by atoms with van der Waals surface area (Å²) in [5.41, 5.74) is 4.22. The first kappa shape index (κ1) is 21.9. The minimum atomic E-state index is -0.520. The number of rotatable bonds is 6. The minimum absolute atomic E-state index is 0.00687. The number of aryl methyl sites for hydroxylation is 2. The highest BCUT2D eigenvalue weighted by molar-refractivity contribution is 5.97. The quantitative estimate of drug-likeness (QED) is 0.795. The molecule has 0 aliphatic carbocycles. The Hall–Kier alpha value is -2.82. The summed E-state index contributed by atoms with van der Waals surface area (Å²) in [5.74, 6) is -0.165. The lowest BCUT2D eigenvalue weighted by Gasteiger charge is -2.38. The van der Waals surface area contributed by atoms with Gasteiger partial charge in [0, 0.05) is 37.4 Å². The molecule has 1 saturated heterocycles. The number of hydrogen-bond acceptors (Lipinski definition) is 3. The monoisotopic (exact) mass is 407 g/mol. The van der Waals surface area contributed by atoms with Crippen LogP contribution in [0.2, 0.25) is 0 Å². The van der Waals surface area contributed by atoms with Gasteiger partial charge in [-0.1, -0.05) is 45.0 Å². The number of carbonyl (C=O) groups excluding carboxylic acids is 2. The van der Waals surface area contributed by atoms with Crippen LogP contribution < -0.4 is 10.2 Å². The van der Waals surface area contributed by atoms with Gasteiger partial charge in [0.25, 0.3) is 5.91 Å². The normalized spacial score (nSPS) is 15.2. The Labute approximate surface area is 180 Å². The fourth-order valence-electron chi connectivity index (χ4n) is 3.84. The maximum Gasteiger partial charge on any atom is 0.251 e. The second kappa shape index (κ2) is 9.79. The molecule has 1 aliphatic rings. The van der Waals surface area contributed by atoms with Gasteiger partial charge in [0.2, 0.25) is 5.91 Å². The molecule has 1 aliphatic heterocycles. The van der Waals surface area contributed by atoms with Crippen LogP contribution in [0.4, 0.5) is 5.69 Å². The molecular weight excluding hydrogens is 374 g/mol. The molecule has 1 fully saturated rings. The lowest BCUT2D eigenvalue weighted by Crippen LogP contribution is -2.56. The second-order valence-corrected chi connectivity index (χ2v) is 8.40. The Kier molecular flexibility index (Phi) is 7.14. The summed E-state index contributed by atoms with van der Waals surface area (Å²) in [5, 5.41) is 2.97. The van der Waals surface area contributed by atoms with E-state index in [0.29, 0.717) is 18.7 Å². The second-order valence-electron chi connectivity index (χ2n) is 8.40. The first-order chi connectivity index (χ1) is 14.4. The summed E-state index contributed by atoms with van der Waals surface area (Å²) in [6, 6.07) is 15.5. The predicted octanol–water partition coefficient (Wildman–Crippen LogP) is 3.66. The average molecular weight is 408 g/mol. The molecule has 1 heterocycles. The van der Waals surface area contributed by atoms with E-state index >= 15 is 0 Å². The number of carbonyl (C=O) groups is 2. The van der Waals surface area contributed by atoms with E-state index in [-0.39, 0.29) is 17.7 Å². The predicted molar refractivity (Wildman–Crippen MR) is 122 cm³/mol. The number of amides is 2. The lowest BCUT2D eigenvalue weighted by molar-refractivity contribution is -0.134. The van der Waals surface area contributed by atoms with Crippen LogP contribution in [0.3, 0.4) is 0 Å². The first-order valence-corrected chi connectivity index (χ1v) is 10.9. The molecule has 0 bridgehead atoms. The van der Waals surface area contributed by atoms with Gasteiger partial charge in [-0.05, 0) is 54.7 Å². The molecule has 1 atom stereocenters. The van der Waals surface area contributed by atoms with Crippen LogP contribution in [0.25, 0.3) is 0 Å². The summed E-state index contributed by atoms with van der Waals surface area (Å²) in [4.78, 5) is 30.1. The Balaban J connectivity index is 1.62. The molecule has 160 valence electrons. The number of nitrogens with zero attached hydrogens (tertiary/aromatic N) is 2. The lowest BCUT2D eigenvalue weighted by atomic mass is 10.0. The van der Waals surface area contributed by atoms with Gasteiger partial charge in [-0.3, -0.25) is 9.59 Å². The molecule has 0 radical (unpaired) electrons. The van der Waals surface area contributed by atoms with Crippen molar-refractivity contribution in [2.24, 2.45) is 5.92 Å². The Bertz CT molecular complexity index is 868. The van der Waals surface area contributed by atoms with Crippen molar-refractivity contribution >= 4 is 17.5 Å². The van der Waals surface area contributed by atoms with Gasteiger partial charge in [-0.15, -0.1) is 0 Å². The summed E-state index contributed by atoms with van der Waals surface area (Å²) < 4.78 is 0. The molecule has 30 heavy (non-hydrogen) atoms. The van der Waals surface area contributed by atoms with Gasteiger partial charge in [0.1, 0.15) is 6.04 Å². The number of hydrogen-bond donors (Lipinski definition) is 1. The maximum absolute atomic E-state index is 13.2. The summed E-state index contributed by atoms with van der Waals surface area (Å²) in [6.07, 6.45) is 0.934. The zero-order valence-corrected chi connectivity index (χ0v) is 18.5.